The van der Waals surface area contributed by atoms with Gasteiger partial charge in [0, 0.05) is 10.9 Å². The molecule has 0 aliphatic heterocycles. The molecule has 5 aromatic rings. The van der Waals surface area contributed by atoms with Crippen molar-refractivity contribution >= 4 is 22.1 Å². The van der Waals surface area contributed by atoms with E-state index in [1.165, 1.54) is 17.2 Å². The van der Waals surface area contributed by atoms with Crippen LogP contribution in [0.4, 0.5) is 0 Å². The monoisotopic (exact) mass is 373 g/mol. The number of methoxy groups -OCH3 is 1. The van der Waals surface area contributed by atoms with Crippen LogP contribution in [0.5, 0.6) is 5.75 Å². The molecule has 0 atom stereocenters. The van der Waals surface area contributed by atoms with Gasteiger partial charge in [0.25, 0.3) is 5.56 Å². The quantitative estimate of drug-likeness (QED) is 0.476. The summed E-state index contributed by atoms with van der Waals surface area (Å²) in [6.07, 6.45) is 3.04. The van der Waals surface area contributed by atoms with Crippen LogP contribution >= 0.6 is 0 Å². The van der Waals surface area contributed by atoms with Gasteiger partial charge in [-0.3, -0.25) is 9.36 Å². The van der Waals surface area contributed by atoms with E-state index in [0.29, 0.717) is 22.7 Å². The number of hydrogen-bond donors (Lipinski definition) is 0. The summed E-state index contributed by atoms with van der Waals surface area (Å²) in [4.78, 5) is 21.7. The highest BCUT2D eigenvalue weighted by Gasteiger charge is 2.14. The lowest BCUT2D eigenvalue weighted by Gasteiger charge is -2.01. The van der Waals surface area contributed by atoms with Crippen molar-refractivity contribution in [2.45, 2.75) is 6.54 Å². The smallest absolute Gasteiger partial charge is 0.297 e. The largest absolute Gasteiger partial charge is 0.497 e. The minimum Gasteiger partial charge on any atom is -0.497 e. The summed E-state index contributed by atoms with van der Waals surface area (Å²) in [6.45, 7) is 0.235. The molecule has 0 bridgehead atoms. The summed E-state index contributed by atoms with van der Waals surface area (Å²) in [5.41, 5.74) is 2.63. The van der Waals surface area contributed by atoms with Gasteiger partial charge in [-0.1, -0.05) is 12.1 Å². The zero-order chi connectivity index (χ0) is 19.1. The number of benzene rings is 2. The van der Waals surface area contributed by atoms with Crippen molar-refractivity contribution < 1.29 is 13.6 Å². The van der Waals surface area contributed by atoms with Crippen molar-refractivity contribution in [3.05, 3.63) is 77.2 Å². The summed E-state index contributed by atoms with van der Waals surface area (Å²) in [7, 11) is 1.61. The van der Waals surface area contributed by atoms with Crippen LogP contribution in [0.2, 0.25) is 0 Å². The average molecular weight is 373 g/mol. The maximum atomic E-state index is 12.8. The number of rotatable bonds is 4. The average Bonchev–Trinajstić information content (AvgIpc) is 3.35. The minimum absolute atomic E-state index is 0.235. The van der Waals surface area contributed by atoms with E-state index in [-0.39, 0.29) is 17.7 Å². The SMILES string of the molecule is COc1ccc(-c2nc(Cn3cnc4c(oc5ccccc54)c3=O)co2)cc1. The second kappa shape index (κ2) is 6.38. The van der Waals surface area contributed by atoms with E-state index in [4.69, 9.17) is 13.6 Å². The Morgan fingerprint density at radius 3 is 2.75 bits per heavy atom. The Labute approximate surface area is 158 Å². The van der Waals surface area contributed by atoms with E-state index >= 15 is 0 Å². The lowest BCUT2D eigenvalue weighted by molar-refractivity contribution is 0.415. The number of furan rings is 1. The van der Waals surface area contributed by atoms with E-state index < -0.39 is 0 Å². The predicted molar refractivity (Wildman–Crippen MR) is 103 cm³/mol. The van der Waals surface area contributed by atoms with Crippen LogP contribution < -0.4 is 10.3 Å². The fourth-order valence-corrected chi connectivity index (χ4v) is 3.15. The van der Waals surface area contributed by atoms with Crippen LogP contribution in [0.3, 0.4) is 0 Å². The normalized spacial score (nSPS) is 11.3. The number of fused-ring (bicyclic) bond motifs is 3. The van der Waals surface area contributed by atoms with Crippen LogP contribution in [0.1, 0.15) is 5.69 Å². The fourth-order valence-electron chi connectivity index (χ4n) is 3.15. The van der Waals surface area contributed by atoms with Gasteiger partial charge in [0.2, 0.25) is 11.5 Å². The Kier molecular flexibility index (Phi) is 3.72. The van der Waals surface area contributed by atoms with Gasteiger partial charge >= 0.3 is 0 Å². The third-order valence-electron chi connectivity index (χ3n) is 4.57. The molecule has 138 valence electrons. The summed E-state index contributed by atoms with van der Waals surface area (Å²) in [5.74, 6) is 1.23. The molecule has 0 saturated carbocycles. The zero-order valence-electron chi connectivity index (χ0n) is 15.0. The van der Waals surface area contributed by atoms with Crippen molar-refractivity contribution in [2.24, 2.45) is 0 Å². The Hall–Kier alpha value is -3.87. The first-order chi connectivity index (χ1) is 13.7. The van der Waals surface area contributed by atoms with E-state index in [2.05, 4.69) is 9.97 Å². The highest BCUT2D eigenvalue weighted by Crippen LogP contribution is 2.25. The summed E-state index contributed by atoms with van der Waals surface area (Å²) >= 11 is 0. The molecule has 0 unspecified atom stereocenters. The molecule has 3 heterocycles. The van der Waals surface area contributed by atoms with E-state index in [9.17, 15) is 4.79 Å². The van der Waals surface area contributed by atoms with E-state index in [0.717, 1.165) is 16.7 Å². The van der Waals surface area contributed by atoms with Gasteiger partial charge in [0.15, 0.2) is 0 Å². The van der Waals surface area contributed by atoms with Gasteiger partial charge < -0.3 is 13.6 Å². The lowest BCUT2D eigenvalue weighted by Crippen LogP contribution is -2.20. The Bertz CT molecular complexity index is 1350. The first-order valence-corrected chi connectivity index (χ1v) is 8.68. The first-order valence-electron chi connectivity index (χ1n) is 8.68. The van der Waals surface area contributed by atoms with Gasteiger partial charge in [-0.15, -0.1) is 0 Å². The summed E-state index contributed by atoms with van der Waals surface area (Å²) in [5, 5.41) is 0.824. The van der Waals surface area contributed by atoms with Crippen LogP contribution in [-0.2, 0) is 6.54 Å². The molecule has 0 N–H and O–H groups in total. The van der Waals surface area contributed by atoms with Crippen molar-refractivity contribution in [1.82, 2.24) is 14.5 Å². The van der Waals surface area contributed by atoms with Crippen LogP contribution in [-0.4, -0.2) is 21.6 Å². The zero-order valence-corrected chi connectivity index (χ0v) is 15.0. The molecule has 3 aromatic heterocycles. The Morgan fingerprint density at radius 1 is 1.11 bits per heavy atom. The maximum absolute atomic E-state index is 12.8. The molecular weight excluding hydrogens is 358 g/mol. The molecule has 0 saturated heterocycles. The first kappa shape index (κ1) is 16.3. The number of aromatic nitrogens is 3. The van der Waals surface area contributed by atoms with Gasteiger partial charge in [0.05, 0.1) is 25.7 Å². The minimum atomic E-state index is -0.254. The number of para-hydroxylation sites is 1. The molecule has 0 spiro atoms. The summed E-state index contributed by atoms with van der Waals surface area (Å²) in [6, 6.07) is 14.9. The number of hydrogen-bond acceptors (Lipinski definition) is 6. The molecule has 2 aromatic carbocycles. The van der Waals surface area contributed by atoms with E-state index in [1.807, 2.05) is 48.5 Å². The number of nitrogens with zero attached hydrogens (tertiary/aromatic N) is 3. The van der Waals surface area contributed by atoms with Crippen molar-refractivity contribution in [1.29, 1.82) is 0 Å². The highest BCUT2D eigenvalue weighted by atomic mass is 16.5. The predicted octanol–water partition coefficient (Wildman–Crippen LogP) is 3.85. The van der Waals surface area contributed by atoms with Crippen molar-refractivity contribution in [2.75, 3.05) is 7.11 Å². The van der Waals surface area contributed by atoms with Crippen molar-refractivity contribution in [3.8, 4) is 17.2 Å². The molecule has 5 rings (SSSR count). The second-order valence-electron chi connectivity index (χ2n) is 6.33. The standard InChI is InChI=1S/C21H15N3O4/c1-26-15-8-6-13(7-9-15)20-23-14(11-27-20)10-24-12-22-18-16-4-2-3-5-17(16)28-19(18)21(24)25/h2-9,11-12H,10H2,1H3. The number of ether oxygens (including phenoxy) is 1. The topological polar surface area (TPSA) is 83.3 Å². The molecule has 7 nitrogen and oxygen atoms in total. The van der Waals surface area contributed by atoms with Crippen molar-refractivity contribution in [3.63, 3.8) is 0 Å². The van der Waals surface area contributed by atoms with Gasteiger partial charge in [-0.25, -0.2) is 9.97 Å². The molecule has 0 aliphatic rings. The Morgan fingerprint density at radius 2 is 1.93 bits per heavy atom. The molecule has 0 amide bonds. The van der Waals surface area contributed by atoms with Crippen LogP contribution in [0, 0.1) is 0 Å². The number of oxazole rings is 1. The van der Waals surface area contributed by atoms with Gasteiger partial charge in [0.1, 0.15) is 23.1 Å². The Balaban J connectivity index is 1.48. The molecular formula is C21H15N3O4. The second-order valence-corrected chi connectivity index (χ2v) is 6.33. The lowest BCUT2D eigenvalue weighted by atomic mass is 10.2. The third kappa shape index (κ3) is 2.64. The molecule has 0 radical (unpaired) electrons. The maximum Gasteiger partial charge on any atom is 0.297 e. The molecule has 28 heavy (non-hydrogen) atoms. The van der Waals surface area contributed by atoms with Crippen LogP contribution in [0.15, 0.2) is 74.8 Å². The highest BCUT2D eigenvalue weighted by molar-refractivity contribution is 6.01. The summed E-state index contributed by atoms with van der Waals surface area (Å²) < 4.78 is 17.9. The molecule has 0 fully saturated rings. The molecule has 7 heteroatoms. The van der Waals surface area contributed by atoms with E-state index in [1.54, 1.807) is 7.11 Å². The van der Waals surface area contributed by atoms with Gasteiger partial charge in [-0.05, 0) is 36.4 Å². The van der Waals surface area contributed by atoms with Crippen LogP contribution in [0.25, 0.3) is 33.5 Å². The van der Waals surface area contributed by atoms with Gasteiger partial charge in [-0.2, -0.15) is 0 Å². The fraction of sp³-hybridized carbons (Fsp3) is 0.0952. The molecule has 0 aliphatic carbocycles. The third-order valence-corrected chi connectivity index (χ3v) is 4.57.